The Morgan fingerprint density at radius 3 is 2.46 bits per heavy atom. The summed E-state index contributed by atoms with van der Waals surface area (Å²) < 4.78 is 19.3. The predicted molar refractivity (Wildman–Crippen MR) is 189 cm³/mol. The molecule has 1 saturated heterocycles. The summed E-state index contributed by atoms with van der Waals surface area (Å²) in [6.45, 7) is 7.34. The molecule has 0 radical (unpaired) electrons. The highest BCUT2D eigenvalue weighted by molar-refractivity contribution is 6.36. The fourth-order valence-electron chi connectivity index (χ4n) is 7.99. The average Bonchev–Trinajstić information content (AvgIpc) is 3.71. The van der Waals surface area contributed by atoms with Crippen molar-refractivity contribution in [2.75, 3.05) is 13.7 Å². The van der Waals surface area contributed by atoms with Gasteiger partial charge in [-0.15, -0.1) is 0 Å². The van der Waals surface area contributed by atoms with E-state index in [1.165, 1.54) is 18.4 Å². The molecule has 3 heterocycles. The van der Waals surface area contributed by atoms with Crippen LogP contribution in [0.25, 0.3) is 16.7 Å². The van der Waals surface area contributed by atoms with Gasteiger partial charge in [-0.3, -0.25) is 9.59 Å². The second-order valence-electron chi connectivity index (χ2n) is 15.7. The van der Waals surface area contributed by atoms with E-state index in [-0.39, 0.29) is 30.0 Å². The van der Waals surface area contributed by atoms with Crippen molar-refractivity contribution in [1.29, 1.82) is 0 Å². The molecular formula is C37H45ClN6O8. The standard InChI is InChI=1S/C37H45ClN6O8/c1-6-21-17-37(21,34(47)48)42-32(45)25-15-23(18-43(25)33(46)31(36(2,3)4)41-35(49)52-22-13-19-12-20(19)14-22)51-27-16-28(44-11-7-10-39-44)40-30-24(27)8-9-26(50-5)29(30)38/h7-11,16,19-23,25,31H,6,12-15,17-18H2,1-5H3,(H,41,49)(H,42,45)(H,47,48)/t19-,20+,21-,22?,23-,25+,31-,37-/m1/s1. The lowest BCUT2D eigenvalue weighted by Crippen LogP contribution is -2.59. The highest BCUT2D eigenvalue weighted by Crippen LogP contribution is 2.52. The number of aliphatic carboxylic acids is 1. The molecule has 0 bridgehead atoms. The van der Waals surface area contributed by atoms with Gasteiger partial charge in [-0.05, 0) is 67.1 Å². The molecule has 2 aromatic heterocycles. The van der Waals surface area contributed by atoms with Crippen molar-refractivity contribution in [3.8, 4) is 17.3 Å². The summed E-state index contributed by atoms with van der Waals surface area (Å²) in [6, 6.07) is 4.79. The van der Waals surface area contributed by atoms with Crippen molar-refractivity contribution in [2.24, 2.45) is 23.2 Å². The molecule has 7 rings (SSSR count). The summed E-state index contributed by atoms with van der Waals surface area (Å²) >= 11 is 6.72. The lowest BCUT2D eigenvalue weighted by atomic mass is 9.85. The van der Waals surface area contributed by atoms with E-state index < -0.39 is 53.0 Å². The van der Waals surface area contributed by atoms with Crippen LogP contribution in [0.1, 0.15) is 66.2 Å². The Hall–Kier alpha value is -4.59. The van der Waals surface area contributed by atoms with E-state index in [4.69, 9.17) is 30.8 Å². The van der Waals surface area contributed by atoms with E-state index in [9.17, 15) is 24.3 Å². The Bertz CT molecular complexity index is 1890. The van der Waals surface area contributed by atoms with Gasteiger partial charge in [0.2, 0.25) is 11.8 Å². The maximum atomic E-state index is 14.6. The van der Waals surface area contributed by atoms with Gasteiger partial charge < -0.3 is 34.9 Å². The Morgan fingerprint density at radius 2 is 1.85 bits per heavy atom. The fourth-order valence-corrected chi connectivity index (χ4v) is 8.28. The number of benzene rings is 1. The molecule has 4 aliphatic rings. The number of ether oxygens (including phenoxy) is 3. The van der Waals surface area contributed by atoms with Crippen LogP contribution in [0.3, 0.4) is 0 Å². The number of nitrogens with one attached hydrogen (secondary N) is 2. The number of fused-ring (bicyclic) bond motifs is 2. The second-order valence-corrected chi connectivity index (χ2v) is 16.0. The van der Waals surface area contributed by atoms with Crippen LogP contribution in [0.15, 0.2) is 36.7 Å². The van der Waals surface area contributed by atoms with Crippen LogP contribution in [-0.2, 0) is 19.1 Å². The lowest BCUT2D eigenvalue weighted by molar-refractivity contribution is -0.146. The summed E-state index contributed by atoms with van der Waals surface area (Å²) in [4.78, 5) is 60.3. The minimum absolute atomic E-state index is 0.0195. The van der Waals surface area contributed by atoms with Crippen LogP contribution < -0.4 is 20.1 Å². The smallest absolute Gasteiger partial charge is 0.408 e. The Balaban J connectivity index is 1.19. The molecule has 4 fully saturated rings. The number of carboxylic acid groups (broad SMARTS) is 1. The number of rotatable bonds is 11. The highest BCUT2D eigenvalue weighted by atomic mass is 35.5. The van der Waals surface area contributed by atoms with E-state index in [2.05, 4.69) is 15.7 Å². The van der Waals surface area contributed by atoms with Crippen LogP contribution in [0.4, 0.5) is 4.79 Å². The van der Waals surface area contributed by atoms with Gasteiger partial charge in [0.1, 0.15) is 46.4 Å². The van der Waals surface area contributed by atoms with Gasteiger partial charge in [0, 0.05) is 30.3 Å². The first-order chi connectivity index (χ1) is 24.7. The second kappa shape index (κ2) is 13.4. The third-order valence-electron chi connectivity index (χ3n) is 11.1. The molecule has 15 heteroatoms. The number of hydrogen-bond donors (Lipinski definition) is 3. The number of halogens is 1. The molecule has 0 spiro atoms. The van der Waals surface area contributed by atoms with Crippen molar-refractivity contribution in [2.45, 2.75) is 96.1 Å². The number of carboxylic acids is 1. The Kier molecular flexibility index (Phi) is 9.25. The molecule has 52 heavy (non-hydrogen) atoms. The third-order valence-corrected chi connectivity index (χ3v) is 11.5. The summed E-state index contributed by atoms with van der Waals surface area (Å²) in [5.41, 5.74) is -1.76. The van der Waals surface area contributed by atoms with Crippen molar-refractivity contribution < 1.29 is 38.5 Å². The van der Waals surface area contributed by atoms with Crippen LogP contribution in [0.5, 0.6) is 11.5 Å². The zero-order valence-electron chi connectivity index (χ0n) is 29.9. The summed E-state index contributed by atoms with van der Waals surface area (Å²) in [5, 5.41) is 20.8. The van der Waals surface area contributed by atoms with Gasteiger partial charge in [0.05, 0.1) is 19.2 Å². The molecule has 1 aromatic carbocycles. The van der Waals surface area contributed by atoms with Crippen molar-refractivity contribution >= 4 is 46.4 Å². The molecule has 1 aliphatic heterocycles. The molecular weight excluding hydrogens is 692 g/mol. The van der Waals surface area contributed by atoms with Crippen LogP contribution in [0, 0.1) is 23.2 Å². The average molecular weight is 737 g/mol. The highest BCUT2D eigenvalue weighted by Gasteiger charge is 2.61. The fraction of sp³-hybridized carbons (Fsp3) is 0.568. The van der Waals surface area contributed by atoms with Gasteiger partial charge in [-0.1, -0.05) is 45.7 Å². The minimum atomic E-state index is -1.40. The molecule has 3 aromatic rings. The van der Waals surface area contributed by atoms with E-state index >= 15 is 0 Å². The third kappa shape index (κ3) is 6.72. The molecule has 3 aliphatic carbocycles. The van der Waals surface area contributed by atoms with E-state index in [1.54, 1.807) is 41.3 Å². The number of aromatic nitrogens is 3. The molecule has 3 amide bonds. The minimum Gasteiger partial charge on any atom is -0.495 e. The zero-order valence-corrected chi connectivity index (χ0v) is 30.7. The SMILES string of the molecule is CC[C@@H]1C[C@]1(NC(=O)[C@@H]1C[C@@H](Oc2cc(-n3cccn3)nc3c(Cl)c(OC)ccc23)CN1C(=O)[C@@H](NC(=O)OC1C[C@@H]2C[C@@H]2C1)C(C)(C)C)C(=O)O. The van der Waals surface area contributed by atoms with E-state index in [1.807, 2.05) is 27.7 Å². The molecule has 278 valence electrons. The number of carbonyl (C=O) groups is 4. The Morgan fingerprint density at radius 1 is 1.10 bits per heavy atom. The number of methoxy groups -OCH3 is 1. The number of pyridine rings is 1. The normalized spacial score (nSPS) is 28.2. The number of alkyl carbamates (subject to hydrolysis) is 1. The number of hydrogen-bond acceptors (Lipinski definition) is 9. The molecule has 14 nitrogen and oxygen atoms in total. The lowest BCUT2D eigenvalue weighted by Gasteiger charge is -2.35. The maximum Gasteiger partial charge on any atom is 0.408 e. The quantitative estimate of drug-likeness (QED) is 0.250. The topological polar surface area (TPSA) is 174 Å². The van der Waals surface area contributed by atoms with Crippen molar-refractivity contribution in [1.82, 2.24) is 30.3 Å². The molecule has 3 N–H and O–H groups in total. The predicted octanol–water partition coefficient (Wildman–Crippen LogP) is 4.74. The summed E-state index contributed by atoms with van der Waals surface area (Å²) in [7, 11) is 1.51. The number of amides is 3. The van der Waals surface area contributed by atoms with Crippen LogP contribution >= 0.6 is 11.6 Å². The van der Waals surface area contributed by atoms with E-state index in [0.29, 0.717) is 52.9 Å². The monoisotopic (exact) mass is 736 g/mol. The van der Waals surface area contributed by atoms with Crippen molar-refractivity contribution in [3.63, 3.8) is 0 Å². The molecule has 8 atom stereocenters. The van der Waals surface area contributed by atoms with Gasteiger partial charge in [-0.2, -0.15) is 5.10 Å². The maximum absolute atomic E-state index is 14.6. The Labute approximate surface area is 306 Å². The van der Waals surface area contributed by atoms with Crippen LogP contribution in [0.2, 0.25) is 5.02 Å². The largest absolute Gasteiger partial charge is 0.495 e. The first-order valence-corrected chi connectivity index (χ1v) is 18.3. The van der Waals surface area contributed by atoms with Crippen molar-refractivity contribution in [3.05, 3.63) is 41.7 Å². The molecule has 1 unspecified atom stereocenters. The first kappa shape index (κ1) is 35.8. The first-order valence-electron chi connectivity index (χ1n) is 17.9. The van der Waals surface area contributed by atoms with Gasteiger partial charge >= 0.3 is 12.1 Å². The number of carbonyl (C=O) groups excluding carboxylic acids is 3. The number of likely N-dealkylation sites (tertiary alicyclic amines) is 1. The van der Waals surface area contributed by atoms with Crippen LogP contribution in [-0.4, -0.2) is 92.1 Å². The summed E-state index contributed by atoms with van der Waals surface area (Å²) in [5.74, 6) is 0.0109. The van der Waals surface area contributed by atoms with E-state index in [0.717, 1.165) is 12.8 Å². The van der Waals surface area contributed by atoms with Gasteiger partial charge in [0.25, 0.3) is 0 Å². The number of nitrogens with zero attached hydrogens (tertiary/aromatic N) is 4. The van der Waals surface area contributed by atoms with Gasteiger partial charge in [-0.25, -0.2) is 19.3 Å². The van der Waals surface area contributed by atoms with Gasteiger partial charge in [0.15, 0.2) is 5.82 Å². The molecule has 3 saturated carbocycles. The summed E-state index contributed by atoms with van der Waals surface area (Å²) in [6.07, 6.45) is 5.53. The zero-order chi connectivity index (χ0) is 37.1.